The van der Waals surface area contributed by atoms with Crippen molar-refractivity contribution in [1.82, 2.24) is 0 Å². The van der Waals surface area contributed by atoms with E-state index in [1.165, 1.54) is 0 Å². The van der Waals surface area contributed by atoms with Crippen LogP contribution < -0.4 is 0 Å². The number of rotatable bonds is 1. The Morgan fingerprint density at radius 3 is 2.83 bits per heavy atom. The molecule has 2 heterocycles. The summed E-state index contributed by atoms with van der Waals surface area (Å²) in [6.07, 6.45) is 2.68. The average Bonchev–Trinajstić information content (AvgIpc) is 2.22. The van der Waals surface area contributed by atoms with Crippen molar-refractivity contribution in [2.24, 2.45) is 0 Å². The van der Waals surface area contributed by atoms with E-state index in [0.29, 0.717) is 0 Å². The lowest BCUT2D eigenvalue weighted by molar-refractivity contribution is -0.180. The minimum atomic E-state index is -0.473. The first kappa shape index (κ1) is 8.20. The van der Waals surface area contributed by atoms with Crippen molar-refractivity contribution in [1.29, 1.82) is 0 Å². The highest BCUT2D eigenvalue weighted by Crippen LogP contribution is 2.39. The second-order valence-electron chi connectivity index (χ2n) is 3.83. The van der Waals surface area contributed by atoms with Gasteiger partial charge in [-0.05, 0) is 26.7 Å². The molecule has 2 aliphatic rings. The van der Waals surface area contributed by atoms with Crippen LogP contribution in [-0.2, 0) is 14.3 Å². The second-order valence-corrected chi connectivity index (χ2v) is 3.83. The lowest BCUT2D eigenvalue weighted by Crippen LogP contribution is -2.30. The number of carbonyl (C=O) groups is 1. The lowest BCUT2D eigenvalue weighted by Gasteiger charge is -2.26. The van der Waals surface area contributed by atoms with E-state index in [1.54, 1.807) is 6.92 Å². The molecule has 12 heavy (non-hydrogen) atoms. The predicted octanol–water partition coefficient (Wildman–Crippen LogP) is 1.26. The van der Waals surface area contributed by atoms with Crippen LogP contribution in [0.3, 0.4) is 0 Å². The van der Waals surface area contributed by atoms with Gasteiger partial charge >= 0.3 is 0 Å². The monoisotopic (exact) mass is 170 g/mol. The molecule has 0 radical (unpaired) electrons. The predicted molar refractivity (Wildman–Crippen MR) is 42.7 cm³/mol. The highest BCUT2D eigenvalue weighted by atomic mass is 16.8. The van der Waals surface area contributed by atoms with E-state index in [2.05, 4.69) is 0 Å². The molecule has 0 amide bonds. The van der Waals surface area contributed by atoms with Gasteiger partial charge in [0, 0.05) is 6.42 Å². The van der Waals surface area contributed by atoms with Crippen LogP contribution in [-0.4, -0.2) is 23.8 Å². The SMILES string of the molecule is CC(=O)[C@H]1O[C@]2(C)CCC[C@@H]1O2. The molecule has 3 atom stereocenters. The summed E-state index contributed by atoms with van der Waals surface area (Å²) < 4.78 is 11.2. The number of Topliss-reactive ketones (excluding diaryl/α,β-unsaturated/α-hetero) is 1. The van der Waals surface area contributed by atoms with Crippen molar-refractivity contribution in [3.8, 4) is 0 Å². The smallest absolute Gasteiger partial charge is 0.167 e. The van der Waals surface area contributed by atoms with Gasteiger partial charge in [-0.2, -0.15) is 0 Å². The first-order chi connectivity index (χ1) is 5.61. The summed E-state index contributed by atoms with van der Waals surface area (Å²) in [5, 5.41) is 0. The van der Waals surface area contributed by atoms with Crippen molar-refractivity contribution < 1.29 is 14.3 Å². The summed E-state index contributed by atoms with van der Waals surface area (Å²) >= 11 is 0. The summed E-state index contributed by atoms with van der Waals surface area (Å²) in [5.41, 5.74) is 0. The van der Waals surface area contributed by atoms with Gasteiger partial charge in [-0.15, -0.1) is 0 Å². The van der Waals surface area contributed by atoms with Crippen LogP contribution >= 0.6 is 0 Å². The van der Waals surface area contributed by atoms with Gasteiger partial charge in [0.15, 0.2) is 11.6 Å². The molecule has 2 aliphatic heterocycles. The highest BCUT2D eigenvalue weighted by molar-refractivity contribution is 5.81. The molecule has 0 unspecified atom stereocenters. The fraction of sp³-hybridized carbons (Fsp3) is 0.889. The molecule has 0 aromatic carbocycles. The summed E-state index contributed by atoms with van der Waals surface area (Å²) in [4.78, 5) is 11.1. The van der Waals surface area contributed by atoms with E-state index >= 15 is 0 Å². The number of ether oxygens (including phenoxy) is 2. The summed E-state index contributed by atoms with van der Waals surface area (Å²) in [6.45, 7) is 3.49. The normalized spacial score (nSPS) is 46.2. The van der Waals surface area contributed by atoms with Gasteiger partial charge in [0.2, 0.25) is 0 Å². The van der Waals surface area contributed by atoms with E-state index in [9.17, 15) is 4.79 Å². The third kappa shape index (κ3) is 1.17. The van der Waals surface area contributed by atoms with Crippen LogP contribution in [0.25, 0.3) is 0 Å². The van der Waals surface area contributed by atoms with Crippen LogP contribution in [0.5, 0.6) is 0 Å². The average molecular weight is 170 g/mol. The van der Waals surface area contributed by atoms with Crippen molar-refractivity contribution in [3.05, 3.63) is 0 Å². The fourth-order valence-corrected chi connectivity index (χ4v) is 2.05. The Bertz CT molecular complexity index is 214. The van der Waals surface area contributed by atoms with Crippen LogP contribution in [0.1, 0.15) is 33.1 Å². The Morgan fingerprint density at radius 1 is 1.50 bits per heavy atom. The summed E-state index contributed by atoms with van der Waals surface area (Å²) in [5.74, 6) is -0.384. The lowest BCUT2D eigenvalue weighted by atomic mass is 10.0. The van der Waals surface area contributed by atoms with Crippen molar-refractivity contribution in [2.45, 2.75) is 51.1 Å². The van der Waals surface area contributed by atoms with Gasteiger partial charge in [0.05, 0.1) is 6.10 Å². The number of fused-ring (bicyclic) bond motifs is 2. The Hall–Kier alpha value is -0.410. The molecular weight excluding hydrogens is 156 g/mol. The number of ketones is 1. The van der Waals surface area contributed by atoms with Crippen molar-refractivity contribution in [2.75, 3.05) is 0 Å². The third-order valence-corrected chi connectivity index (χ3v) is 2.63. The van der Waals surface area contributed by atoms with Gasteiger partial charge in [-0.1, -0.05) is 0 Å². The molecule has 3 nitrogen and oxygen atoms in total. The number of hydrogen-bond donors (Lipinski definition) is 0. The minimum Gasteiger partial charge on any atom is -0.344 e. The number of carbonyl (C=O) groups excluding carboxylic acids is 1. The Labute approximate surface area is 72.0 Å². The zero-order chi connectivity index (χ0) is 8.77. The van der Waals surface area contributed by atoms with E-state index in [1.807, 2.05) is 6.92 Å². The largest absolute Gasteiger partial charge is 0.344 e. The van der Waals surface area contributed by atoms with E-state index < -0.39 is 5.79 Å². The maximum absolute atomic E-state index is 11.1. The first-order valence-corrected chi connectivity index (χ1v) is 4.47. The topological polar surface area (TPSA) is 35.5 Å². The van der Waals surface area contributed by atoms with E-state index in [4.69, 9.17) is 9.47 Å². The zero-order valence-electron chi connectivity index (χ0n) is 7.50. The van der Waals surface area contributed by atoms with Crippen molar-refractivity contribution in [3.63, 3.8) is 0 Å². The molecule has 0 N–H and O–H groups in total. The fourth-order valence-electron chi connectivity index (χ4n) is 2.05. The Balaban J connectivity index is 2.17. The zero-order valence-corrected chi connectivity index (χ0v) is 7.50. The molecule has 2 rings (SSSR count). The van der Waals surface area contributed by atoms with Gasteiger partial charge < -0.3 is 9.47 Å². The van der Waals surface area contributed by atoms with Gasteiger partial charge in [0.25, 0.3) is 0 Å². The van der Waals surface area contributed by atoms with E-state index in [-0.39, 0.29) is 18.0 Å². The minimum absolute atomic E-state index is 0.0150. The first-order valence-electron chi connectivity index (χ1n) is 4.47. The molecule has 2 saturated heterocycles. The second kappa shape index (κ2) is 2.54. The van der Waals surface area contributed by atoms with Crippen LogP contribution in [0, 0.1) is 0 Å². The third-order valence-electron chi connectivity index (χ3n) is 2.63. The molecular formula is C9H14O3. The molecule has 0 aliphatic carbocycles. The van der Waals surface area contributed by atoms with Gasteiger partial charge in [-0.25, -0.2) is 0 Å². The molecule has 2 bridgehead atoms. The summed E-state index contributed by atoms with van der Waals surface area (Å²) in [7, 11) is 0. The van der Waals surface area contributed by atoms with Crippen molar-refractivity contribution >= 4 is 5.78 Å². The molecule has 0 aromatic rings. The molecule has 0 aromatic heterocycles. The van der Waals surface area contributed by atoms with Gasteiger partial charge in [-0.3, -0.25) is 4.79 Å². The molecule has 3 heteroatoms. The standard InChI is InChI=1S/C9H14O3/c1-6(10)8-7-4-3-5-9(2,11-7)12-8/h7-8H,3-5H2,1-2H3/t7-,8+,9+/m0/s1. The number of hydrogen-bond acceptors (Lipinski definition) is 3. The molecule has 0 saturated carbocycles. The quantitative estimate of drug-likeness (QED) is 0.594. The van der Waals surface area contributed by atoms with Crippen LogP contribution in [0.4, 0.5) is 0 Å². The molecule has 68 valence electrons. The highest BCUT2D eigenvalue weighted by Gasteiger charge is 2.48. The molecule has 2 fully saturated rings. The maximum Gasteiger partial charge on any atom is 0.167 e. The Morgan fingerprint density at radius 2 is 2.25 bits per heavy atom. The Kier molecular flexibility index (Phi) is 1.73. The van der Waals surface area contributed by atoms with E-state index in [0.717, 1.165) is 19.3 Å². The van der Waals surface area contributed by atoms with Crippen LogP contribution in [0.15, 0.2) is 0 Å². The summed E-state index contributed by atoms with van der Waals surface area (Å²) in [6, 6.07) is 0. The van der Waals surface area contributed by atoms with Crippen LogP contribution in [0.2, 0.25) is 0 Å². The molecule has 0 spiro atoms. The van der Waals surface area contributed by atoms with Gasteiger partial charge in [0.1, 0.15) is 6.10 Å². The maximum atomic E-state index is 11.1.